The van der Waals surface area contributed by atoms with Crippen molar-refractivity contribution in [2.75, 3.05) is 23.7 Å². The van der Waals surface area contributed by atoms with E-state index in [1.165, 1.54) is 6.92 Å². The molecule has 0 spiro atoms. The third-order valence-corrected chi connectivity index (χ3v) is 5.02. The van der Waals surface area contributed by atoms with Gasteiger partial charge in [-0.15, -0.1) is 0 Å². The van der Waals surface area contributed by atoms with Crippen LogP contribution in [-0.4, -0.2) is 35.7 Å². The van der Waals surface area contributed by atoms with Crippen LogP contribution in [-0.2, 0) is 20.6 Å². The molecule has 28 heavy (non-hydrogen) atoms. The van der Waals surface area contributed by atoms with E-state index in [0.717, 1.165) is 31.0 Å². The molecule has 1 aliphatic carbocycles. The van der Waals surface area contributed by atoms with Crippen molar-refractivity contribution < 1.29 is 27.6 Å². The molecule has 1 saturated heterocycles. The number of carbonyl (C=O) groups excluding carboxylic acids is 3. The maximum absolute atomic E-state index is 13.0. The van der Waals surface area contributed by atoms with Crippen LogP contribution in [0.1, 0.15) is 38.2 Å². The van der Waals surface area contributed by atoms with Crippen LogP contribution in [0.2, 0.25) is 0 Å². The molecule has 0 unspecified atom stereocenters. The number of nitrogens with one attached hydrogen (secondary N) is 2. The minimum Gasteiger partial charge on any atom is -0.342 e. The number of alkyl halides is 3. The van der Waals surface area contributed by atoms with Crippen molar-refractivity contribution >= 4 is 29.1 Å². The van der Waals surface area contributed by atoms with Gasteiger partial charge in [-0.05, 0) is 43.9 Å². The highest BCUT2D eigenvalue weighted by Gasteiger charge is 2.36. The summed E-state index contributed by atoms with van der Waals surface area (Å²) in [4.78, 5) is 37.7. The summed E-state index contributed by atoms with van der Waals surface area (Å²) in [6.45, 7) is 2.17. The fourth-order valence-electron chi connectivity index (χ4n) is 3.31. The molecular weight excluding hydrogens is 375 g/mol. The standard InChI is InChI=1S/C19H22F3N3O3/c1-11(26)23-15-5-4-14(19(20,21)22)10-16(15)24-17(27)12-6-8-25(9-7-12)18(28)13-2-3-13/h4-5,10,12-13H,2-3,6-9H2,1H3,(H,23,26)(H,24,27). The van der Waals surface area contributed by atoms with Gasteiger partial charge in [0.1, 0.15) is 0 Å². The molecule has 6 nitrogen and oxygen atoms in total. The Hall–Kier alpha value is -2.58. The van der Waals surface area contributed by atoms with E-state index in [1.807, 2.05) is 0 Å². The van der Waals surface area contributed by atoms with Gasteiger partial charge in [0, 0.05) is 31.8 Å². The van der Waals surface area contributed by atoms with Gasteiger partial charge >= 0.3 is 6.18 Å². The van der Waals surface area contributed by atoms with Crippen LogP contribution in [0.25, 0.3) is 0 Å². The minimum atomic E-state index is -4.57. The predicted octanol–water partition coefficient (Wildman–Crippen LogP) is 3.25. The van der Waals surface area contributed by atoms with E-state index in [-0.39, 0.29) is 23.2 Å². The Bertz CT molecular complexity index is 782. The van der Waals surface area contributed by atoms with Crippen molar-refractivity contribution in [3.05, 3.63) is 23.8 Å². The van der Waals surface area contributed by atoms with Gasteiger partial charge in [-0.1, -0.05) is 0 Å². The zero-order valence-electron chi connectivity index (χ0n) is 15.4. The summed E-state index contributed by atoms with van der Waals surface area (Å²) in [6.07, 6.45) is -1.82. The van der Waals surface area contributed by atoms with Crippen molar-refractivity contribution in [3.8, 4) is 0 Å². The van der Waals surface area contributed by atoms with Gasteiger partial charge in [0.2, 0.25) is 17.7 Å². The number of piperidine rings is 1. The second-order valence-electron chi connectivity index (χ2n) is 7.30. The Balaban J connectivity index is 1.68. The fourth-order valence-corrected chi connectivity index (χ4v) is 3.31. The van der Waals surface area contributed by atoms with Crippen LogP contribution in [0.3, 0.4) is 0 Å². The molecule has 1 heterocycles. The third kappa shape index (κ3) is 4.82. The van der Waals surface area contributed by atoms with E-state index < -0.39 is 29.5 Å². The highest BCUT2D eigenvalue weighted by atomic mass is 19.4. The zero-order valence-corrected chi connectivity index (χ0v) is 15.4. The van der Waals surface area contributed by atoms with E-state index in [2.05, 4.69) is 10.6 Å². The first-order valence-corrected chi connectivity index (χ1v) is 9.23. The number of likely N-dealkylation sites (tertiary alicyclic amines) is 1. The Labute approximate surface area is 160 Å². The average molecular weight is 397 g/mol. The van der Waals surface area contributed by atoms with Crippen LogP contribution in [0.4, 0.5) is 24.5 Å². The maximum Gasteiger partial charge on any atom is 0.416 e. The Morgan fingerprint density at radius 1 is 0.964 bits per heavy atom. The zero-order chi connectivity index (χ0) is 20.5. The SMILES string of the molecule is CC(=O)Nc1ccc(C(F)(F)F)cc1NC(=O)C1CCN(C(=O)C2CC2)CC1. The quantitative estimate of drug-likeness (QED) is 0.819. The normalized spacial score (nSPS) is 17.9. The van der Waals surface area contributed by atoms with Crippen molar-refractivity contribution in [3.63, 3.8) is 0 Å². The van der Waals surface area contributed by atoms with Gasteiger partial charge in [0.15, 0.2) is 0 Å². The van der Waals surface area contributed by atoms with E-state index in [0.29, 0.717) is 25.9 Å². The van der Waals surface area contributed by atoms with Crippen molar-refractivity contribution in [1.82, 2.24) is 4.90 Å². The van der Waals surface area contributed by atoms with Gasteiger partial charge in [-0.3, -0.25) is 14.4 Å². The molecule has 1 aliphatic heterocycles. The second kappa shape index (κ2) is 7.81. The highest BCUT2D eigenvalue weighted by molar-refractivity contribution is 6.00. The van der Waals surface area contributed by atoms with Gasteiger partial charge < -0.3 is 15.5 Å². The maximum atomic E-state index is 13.0. The predicted molar refractivity (Wildman–Crippen MR) is 96.4 cm³/mol. The summed E-state index contributed by atoms with van der Waals surface area (Å²) >= 11 is 0. The highest BCUT2D eigenvalue weighted by Crippen LogP contribution is 2.35. The van der Waals surface area contributed by atoms with Crippen molar-refractivity contribution in [1.29, 1.82) is 0 Å². The van der Waals surface area contributed by atoms with Crippen LogP contribution in [0.15, 0.2) is 18.2 Å². The first kappa shape index (κ1) is 20.2. The van der Waals surface area contributed by atoms with Crippen molar-refractivity contribution in [2.45, 2.75) is 38.8 Å². The summed E-state index contributed by atoms with van der Waals surface area (Å²) in [6, 6.07) is 2.79. The number of hydrogen-bond donors (Lipinski definition) is 2. The topological polar surface area (TPSA) is 78.5 Å². The molecule has 1 aromatic carbocycles. The van der Waals surface area contributed by atoms with Gasteiger partial charge in [-0.25, -0.2) is 0 Å². The van der Waals surface area contributed by atoms with Crippen molar-refractivity contribution in [2.24, 2.45) is 11.8 Å². The molecule has 9 heteroatoms. The molecule has 3 amide bonds. The Morgan fingerprint density at radius 2 is 1.61 bits per heavy atom. The number of benzene rings is 1. The summed E-state index contributed by atoms with van der Waals surface area (Å²) in [5.41, 5.74) is -0.900. The number of rotatable bonds is 4. The summed E-state index contributed by atoms with van der Waals surface area (Å²) < 4.78 is 39.0. The van der Waals surface area contributed by atoms with E-state index in [1.54, 1.807) is 4.90 Å². The van der Waals surface area contributed by atoms with Crippen LogP contribution in [0.5, 0.6) is 0 Å². The molecule has 0 bridgehead atoms. The van der Waals surface area contributed by atoms with E-state index in [4.69, 9.17) is 0 Å². The van der Waals surface area contributed by atoms with Gasteiger partial charge in [0.05, 0.1) is 16.9 Å². The number of nitrogens with zero attached hydrogens (tertiary/aromatic N) is 1. The lowest BCUT2D eigenvalue weighted by atomic mass is 9.95. The molecule has 3 rings (SSSR count). The number of amides is 3. The number of carbonyl (C=O) groups is 3. The van der Waals surface area contributed by atoms with Crippen LogP contribution < -0.4 is 10.6 Å². The molecule has 2 fully saturated rings. The molecule has 0 aromatic heterocycles. The summed E-state index contributed by atoms with van der Waals surface area (Å²) in [5, 5.41) is 4.95. The third-order valence-electron chi connectivity index (χ3n) is 5.02. The fraction of sp³-hybridized carbons (Fsp3) is 0.526. The monoisotopic (exact) mass is 397 g/mol. The van der Waals surface area contributed by atoms with E-state index >= 15 is 0 Å². The average Bonchev–Trinajstić information content (AvgIpc) is 3.46. The van der Waals surface area contributed by atoms with E-state index in [9.17, 15) is 27.6 Å². The smallest absolute Gasteiger partial charge is 0.342 e. The minimum absolute atomic E-state index is 0.0912. The Morgan fingerprint density at radius 3 is 2.14 bits per heavy atom. The molecule has 0 atom stereocenters. The molecule has 0 radical (unpaired) electrons. The van der Waals surface area contributed by atoms with Crippen LogP contribution in [0, 0.1) is 11.8 Å². The van der Waals surface area contributed by atoms with Gasteiger partial charge in [-0.2, -0.15) is 13.2 Å². The summed E-state index contributed by atoms with van der Waals surface area (Å²) in [7, 11) is 0. The number of anilines is 2. The van der Waals surface area contributed by atoms with Gasteiger partial charge in [0.25, 0.3) is 0 Å². The first-order chi connectivity index (χ1) is 13.1. The lowest BCUT2D eigenvalue weighted by molar-refractivity contribution is -0.137. The summed E-state index contributed by atoms with van der Waals surface area (Å²) in [5.74, 6) is -1.02. The lowest BCUT2D eigenvalue weighted by Gasteiger charge is -2.31. The molecule has 1 saturated carbocycles. The Kier molecular flexibility index (Phi) is 5.62. The lowest BCUT2D eigenvalue weighted by Crippen LogP contribution is -2.42. The first-order valence-electron chi connectivity index (χ1n) is 9.23. The molecule has 2 N–H and O–H groups in total. The molecule has 152 valence electrons. The second-order valence-corrected chi connectivity index (χ2v) is 7.30. The molecule has 1 aromatic rings. The number of halogens is 3. The largest absolute Gasteiger partial charge is 0.416 e. The molecule has 2 aliphatic rings. The van der Waals surface area contributed by atoms with Crippen LogP contribution >= 0.6 is 0 Å². The number of hydrogen-bond acceptors (Lipinski definition) is 3. The molecular formula is C19H22F3N3O3.